The quantitative estimate of drug-likeness (QED) is 0.770. The molecular weight excluding hydrogens is 188 g/mol. The van der Waals surface area contributed by atoms with Crippen molar-refractivity contribution in [2.24, 2.45) is 18.7 Å². The molecule has 1 fully saturated rings. The van der Waals surface area contributed by atoms with E-state index in [1.54, 1.807) is 0 Å². The maximum Gasteiger partial charge on any atom is 0.0764 e. The molecule has 0 saturated heterocycles. The van der Waals surface area contributed by atoms with Gasteiger partial charge in [0.15, 0.2) is 0 Å². The second-order valence-electron chi connectivity index (χ2n) is 4.54. The molecule has 1 heterocycles. The molecule has 1 saturated carbocycles. The Balaban J connectivity index is 1.92. The average Bonchev–Trinajstić information content (AvgIpc) is 2.93. The molecule has 1 aromatic rings. The molecule has 1 aliphatic carbocycles. The standard InChI is InChI=1S/C11H20N4/c1-14(11(7-12)9-3-4-9)8-10-5-6-15(2)13-10/h5-6,9,11H,3-4,7-8,12H2,1-2H3. The van der Waals surface area contributed by atoms with Gasteiger partial charge in [-0.1, -0.05) is 0 Å². The molecule has 15 heavy (non-hydrogen) atoms. The van der Waals surface area contributed by atoms with E-state index in [0.717, 1.165) is 24.7 Å². The second-order valence-corrected chi connectivity index (χ2v) is 4.54. The Morgan fingerprint density at radius 1 is 1.67 bits per heavy atom. The minimum Gasteiger partial charge on any atom is -0.329 e. The monoisotopic (exact) mass is 208 g/mol. The first kappa shape index (κ1) is 10.6. The van der Waals surface area contributed by atoms with Crippen LogP contribution in [0.5, 0.6) is 0 Å². The van der Waals surface area contributed by atoms with Gasteiger partial charge in [-0.15, -0.1) is 0 Å². The summed E-state index contributed by atoms with van der Waals surface area (Å²) in [5.74, 6) is 0.823. The van der Waals surface area contributed by atoms with Crippen molar-refractivity contribution < 1.29 is 0 Å². The van der Waals surface area contributed by atoms with E-state index >= 15 is 0 Å². The van der Waals surface area contributed by atoms with Gasteiger partial charge in [0.1, 0.15) is 0 Å². The number of likely N-dealkylation sites (N-methyl/N-ethyl adjacent to an activating group) is 1. The minimum atomic E-state index is 0.534. The Kier molecular flexibility index (Phi) is 3.07. The summed E-state index contributed by atoms with van der Waals surface area (Å²) in [7, 11) is 4.09. The van der Waals surface area contributed by atoms with Gasteiger partial charge in [0.25, 0.3) is 0 Å². The fraction of sp³-hybridized carbons (Fsp3) is 0.727. The maximum absolute atomic E-state index is 5.81. The fourth-order valence-corrected chi connectivity index (χ4v) is 2.13. The third-order valence-electron chi connectivity index (χ3n) is 3.15. The molecule has 0 spiro atoms. The van der Waals surface area contributed by atoms with E-state index in [9.17, 15) is 0 Å². The first-order chi connectivity index (χ1) is 7.20. The topological polar surface area (TPSA) is 47.1 Å². The zero-order chi connectivity index (χ0) is 10.8. The second kappa shape index (κ2) is 4.33. The average molecular weight is 208 g/mol. The smallest absolute Gasteiger partial charge is 0.0764 e. The van der Waals surface area contributed by atoms with Crippen LogP contribution in [-0.2, 0) is 13.6 Å². The summed E-state index contributed by atoms with van der Waals surface area (Å²) in [4.78, 5) is 2.33. The van der Waals surface area contributed by atoms with Gasteiger partial charge in [-0.05, 0) is 31.9 Å². The zero-order valence-electron chi connectivity index (χ0n) is 9.56. The molecule has 4 nitrogen and oxygen atoms in total. The van der Waals surface area contributed by atoms with E-state index in [4.69, 9.17) is 5.73 Å². The summed E-state index contributed by atoms with van der Waals surface area (Å²) in [6, 6.07) is 2.60. The molecule has 0 radical (unpaired) electrons. The van der Waals surface area contributed by atoms with Crippen molar-refractivity contribution in [1.29, 1.82) is 0 Å². The SMILES string of the molecule is CN(Cc1ccn(C)n1)C(CN)C1CC1. The predicted octanol–water partition coefficient (Wildman–Crippen LogP) is 0.589. The van der Waals surface area contributed by atoms with E-state index in [2.05, 4.69) is 23.1 Å². The van der Waals surface area contributed by atoms with Crippen molar-refractivity contribution >= 4 is 0 Å². The van der Waals surface area contributed by atoms with Gasteiger partial charge in [0.05, 0.1) is 5.69 Å². The van der Waals surface area contributed by atoms with Gasteiger partial charge in [-0.25, -0.2) is 0 Å². The summed E-state index contributed by atoms with van der Waals surface area (Å²) in [5.41, 5.74) is 6.93. The summed E-state index contributed by atoms with van der Waals surface area (Å²) < 4.78 is 1.84. The van der Waals surface area contributed by atoms with E-state index in [-0.39, 0.29) is 0 Å². The highest BCUT2D eigenvalue weighted by Crippen LogP contribution is 2.34. The summed E-state index contributed by atoms with van der Waals surface area (Å²) in [6.45, 7) is 1.66. The Bertz CT molecular complexity index is 316. The van der Waals surface area contributed by atoms with Gasteiger partial charge in [0.2, 0.25) is 0 Å². The summed E-state index contributed by atoms with van der Waals surface area (Å²) >= 11 is 0. The number of hydrogen-bond donors (Lipinski definition) is 1. The number of aryl methyl sites for hydroxylation is 1. The van der Waals surface area contributed by atoms with Crippen molar-refractivity contribution in [1.82, 2.24) is 14.7 Å². The molecule has 0 bridgehead atoms. The van der Waals surface area contributed by atoms with E-state index in [1.165, 1.54) is 12.8 Å². The van der Waals surface area contributed by atoms with Gasteiger partial charge < -0.3 is 5.73 Å². The van der Waals surface area contributed by atoms with Crippen LogP contribution in [0, 0.1) is 5.92 Å². The summed E-state index contributed by atoms with van der Waals surface area (Å²) in [6.07, 6.45) is 4.67. The molecule has 0 amide bonds. The molecule has 2 rings (SSSR count). The third kappa shape index (κ3) is 2.58. The Morgan fingerprint density at radius 3 is 2.87 bits per heavy atom. The van der Waals surface area contributed by atoms with Gasteiger partial charge in [-0.3, -0.25) is 9.58 Å². The lowest BCUT2D eigenvalue weighted by molar-refractivity contribution is 0.213. The van der Waals surface area contributed by atoms with Gasteiger partial charge in [-0.2, -0.15) is 5.10 Å². The lowest BCUT2D eigenvalue weighted by Crippen LogP contribution is -2.39. The molecule has 0 aliphatic heterocycles. The highest BCUT2D eigenvalue weighted by molar-refractivity contribution is 4.99. The van der Waals surface area contributed by atoms with Crippen LogP contribution >= 0.6 is 0 Å². The van der Waals surface area contributed by atoms with Crippen molar-refractivity contribution in [3.05, 3.63) is 18.0 Å². The third-order valence-corrected chi connectivity index (χ3v) is 3.15. The van der Waals surface area contributed by atoms with Crippen molar-refractivity contribution in [3.63, 3.8) is 0 Å². The molecule has 0 aromatic carbocycles. The van der Waals surface area contributed by atoms with E-state index in [1.807, 2.05) is 17.9 Å². The van der Waals surface area contributed by atoms with E-state index < -0.39 is 0 Å². The molecule has 4 heteroatoms. The normalized spacial score (nSPS) is 18.4. The molecule has 84 valence electrons. The van der Waals surface area contributed by atoms with Crippen LogP contribution in [0.15, 0.2) is 12.3 Å². The molecule has 2 N–H and O–H groups in total. The number of hydrogen-bond acceptors (Lipinski definition) is 3. The largest absolute Gasteiger partial charge is 0.329 e. The van der Waals surface area contributed by atoms with Crippen LogP contribution in [-0.4, -0.2) is 34.3 Å². The molecule has 1 aliphatic rings. The maximum atomic E-state index is 5.81. The van der Waals surface area contributed by atoms with Crippen LogP contribution < -0.4 is 5.73 Å². The lowest BCUT2D eigenvalue weighted by Gasteiger charge is -2.26. The van der Waals surface area contributed by atoms with Crippen molar-refractivity contribution in [2.75, 3.05) is 13.6 Å². The molecular formula is C11H20N4. The first-order valence-electron chi connectivity index (χ1n) is 5.59. The van der Waals surface area contributed by atoms with Crippen LogP contribution in [0.4, 0.5) is 0 Å². The van der Waals surface area contributed by atoms with Crippen LogP contribution in [0.2, 0.25) is 0 Å². The number of nitrogens with zero attached hydrogens (tertiary/aromatic N) is 3. The van der Waals surface area contributed by atoms with Crippen molar-refractivity contribution in [2.45, 2.75) is 25.4 Å². The minimum absolute atomic E-state index is 0.534. The van der Waals surface area contributed by atoms with Gasteiger partial charge >= 0.3 is 0 Å². The van der Waals surface area contributed by atoms with Crippen LogP contribution in [0.3, 0.4) is 0 Å². The number of rotatable bonds is 5. The van der Waals surface area contributed by atoms with Crippen LogP contribution in [0.1, 0.15) is 18.5 Å². The highest BCUT2D eigenvalue weighted by Gasteiger charge is 2.32. The zero-order valence-corrected chi connectivity index (χ0v) is 9.56. The highest BCUT2D eigenvalue weighted by atomic mass is 15.3. The lowest BCUT2D eigenvalue weighted by atomic mass is 10.1. The summed E-state index contributed by atoms with van der Waals surface area (Å²) in [5, 5.41) is 4.38. The Labute approximate surface area is 91.1 Å². The van der Waals surface area contributed by atoms with Gasteiger partial charge in [0, 0.05) is 32.4 Å². The first-order valence-corrected chi connectivity index (χ1v) is 5.59. The number of aromatic nitrogens is 2. The van der Waals surface area contributed by atoms with Crippen molar-refractivity contribution in [3.8, 4) is 0 Å². The fourth-order valence-electron chi connectivity index (χ4n) is 2.13. The predicted molar refractivity (Wildman–Crippen MR) is 60.2 cm³/mol. The van der Waals surface area contributed by atoms with E-state index in [0.29, 0.717) is 6.04 Å². The molecule has 1 aromatic heterocycles. The number of nitrogens with two attached hydrogens (primary N) is 1. The molecule has 1 unspecified atom stereocenters. The molecule has 1 atom stereocenters. The Hall–Kier alpha value is -0.870. The Morgan fingerprint density at radius 2 is 2.40 bits per heavy atom. The van der Waals surface area contributed by atoms with Crippen LogP contribution in [0.25, 0.3) is 0 Å².